The van der Waals surface area contributed by atoms with E-state index in [-0.39, 0.29) is 24.0 Å². The van der Waals surface area contributed by atoms with E-state index in [1.165, 1.54) is 37.8 Å². The number of aliphatic imine (C=N–C) groups is 1. The average molecular weight is 523 g/mol. The van der Waals surface area contributed by atoms with Crippen molar-refractivity contribution in [3.63, 3.8) is 0 Å². The predicted molar refractivity (Wildman–Crippen MR) is 132 cm³/mol. The standard InChI is InChI=1S/C22H33N7.HI/c1-17-26-27-21(28(17)2)15-23-22(24-18-9-6-7-10-18)25-19-11-8-14-29(16-19)20-12-4-3-5-13-20;/h3-5,12-13,18-19H,6-11,14-16H2,1-2H3,(H2,23,24,25);1H. The fraction of sp³-hybridized carbons (Fsp3) is 0.591. The summed E-state index contributed by atoms with van der Waals surface area (Å²) in [6.07, 6.45) is 7.41. The summed E-state index contributed by atoms with van der Waals surface area (Å²) in [5, 5.41) is 15.8. The van der Waals surface area contributed by atoms with E-state index in [9.17, 15) is 0 Å². The summed E-state index contributed by atoms with van der Waals surface area (Å²) in [6, 6.07) is 11.6. The Labute approximate surface area is 196 Å². The Morgan fingerprint density at radius 1 is 1.03 bits per heavy atom. The van der Waals surface area contributed by atoms with Crippen molar-refractivity contribution in [1.82, 2.24) is 25.4 Å². The van der Waals surface area contributed by atoms with Gasteiger partial charge in [-0.3, -0.25) is 0 Å². The highest BCUT2D eigenvalue weighted by molar-refractivity contribution is 14.0. The molecule has 1 saturated heterocycles. The first-order chi connectivity index (χ1) is 14.2. The Morgan fingerprint density at radius 3 is 2.43 bits per heavy atom. The van der Waals surface area contributed by atoms with Gasteiger partial charge in [0, 0.05) is 37.9 Å². The number of rotatable bonds is 5. The zero-order chi connectivity index (χ0) is 20.1. The van der Waals surface area contributed by atoms with Crippen molar-refractivity contribution in [3.8, 4) is 0 Å². The van der Waals surface area contributed by atoms with Gasteiger partial charge in [0.25, 0.3) is 0 Å². The van der Waals surface area contributed by atoms with Crippen LogP contribution in [0.3, 0.4) is 0 Å². The van der Waals surface area contributed by atoms with Gasteiger partial charge in [-0.25, -0.2) is 4.99 Å². The number of nitrogens with one attached hydrogen (secondary N) is 2. The topological polar surface area (TPSA) is 70.4 Å². The van der Waals surface area contributed by atoms with Crippen LogP contribution in [0.5, 0.6) is 0 Å². The molecule has 1 unspecified atom stereocenters. The van der Waals surface area contributed by atoms with Crippen molar-refractivity contribution in [1.29, 1.82) is 0 Å². The normalized spacial score (nSPS) is 20.1. The van der Waals surface area contributed by atoms with Crippen LogP contribution in [0.2, 0.25) is 0 Å². The number of hydrogen-bond donors (Lipinski definition) is 2. The van der Waals surface area contributed by atoms with Gasteiger partial charge in [-0.05, 0) is 44.7 Å². The monoisotopic (exact) mass is 523 g/mol. The minimum atomic E-state index is 0. The molecule has 2 N–H and O–H groups in total. The highest BCUT2D eigenvalue weighted by Gasteiger charge is 2.23. The van der Waals surface area contributed by atoms with E-state index in [0.717, 1.165) is 37.1 Å². The van der Waals surface area contributed by atoms with Gasteiger partial charge in [0.2, 0.25) is 0 Å². The SMILES string of the molecule is Cc1nnc(CN=C(NC2CCCC2)NC2CCCN(c3ccccc3)C2)n1C.I. The van der Waals surface area contributed by atoms with Gasteiger partial charge in [0.05, 0.1) is 0 Å². The molecule has 2 aromatic rings. The number of piperidine rings is 1. The lowest BCUT2D eigenvalue weighted by atomic mass is 10.0. The number of hydrogen-bond acceptors (Lipinski definition) is 4. The minimum absolute atomic E-state index is 0. The summed E-state index contributed by atoms with van der Waals surface area (Å²) in [5.41, 5.74) is 1.30. The van der Waals surface area contributed by atoms with E-state index in [2.05, 4.69) is 56.1 Å². The highest BCUT2D eigenvalue weighted by atomic mass is 127. The summed E-state index contributed by atoms with van der Waals surface area (Å²) in [6.45, 7) is 4.62. The summed E-state index contributed by atoms with van der Waals surface area (Å²) >= 11 is 0. The van der Waals surface area contributed by atoms with Crippen molar-refractivity contribution in [2.45, 2.75) is 64.1 Å². The summed E-state index contributed by atoms with van der Waals surface area (Å²) in [4.78, 5) is 7.35. The number of guanidine groups is 1. The van der Waals surface area contributed by atoms with Crippen molar-refractivity contribution in [2.75, 3.05) is 18.0 Å². The lowest BCUT2D eigenvalue weighted by molar-refractivity contribution is 0.463. The number of halogens is 1. The number of aryl methyl sites for hydroxylation is 1. The summed E-state index contributed by atoms with van der Waals surface area (Å²) in [5.74, 6) is 2.72. The molecule has 0 amide bonds. The lowest BCUT2D eigenvalue weighted by Gasteiger charge is -2.35. The molecular weight excluding hydrogens is 489 g/mol. The van der Waals surface area contributed by atoms with Crippen LogP contribution in [-0.4, -0.2) is 45.9 Å². The highest BCUT2D eigenvalue weighted by Crippen LogP contribution is 2.20. The van der Waals surface area contributed by atoms with Crippen LogP contribution in [0, 0.1) is 6.92 Å². The average Bonchev–Trinajstić information content (AvgIpc) is 3.37. The third-order valence-electron chi connectivity index (χ3n) is 6.14. The molecule has 0 radical (unpaired) electrons. The zero-order valence-corrected chi connectivity index (χ0v) is 20.4. The molecule has 1 aromatic carbocycles. The van der Waals surface area contributed by atoms with Crippen LogP contribution in [0.1, 0.15) is 50.2 Å². The van der Waals surface area contributed by atoms with E-state index in [1.54, 1.807) is 0 Å². The molecule has 1 atom stereocenters. The smallest absolute Gasteiger partial charge is 0.192 e. The first kappa shape index (κ1) is 22.8. The zero-order valence-electron chi connectivity index (χ0n) is 18.0. The van der Waals surface area contributed by atoms with Gasteiger partial charge in [0.15, 0.2) is 11.8 Å². The lowest BCUT2D eigenvalue weighted by Crippen LogP contribution is -2.52. The van der Waals surface area contributed by atoms with Crippen LogP contribution in [0.25, 0.3) is 0 Å². The molecule has 0 bridgehead atoms. The van der Waals surface area contributed by atoms with E-state index < -0.39 is 0 Å². The van der Waals surface area contributed by atoms with Crippen LogP contribution < -0.4 is 15.5 Å². The molecule has 1 aliphatic heterocycles. The summed E-state index contributed by atoms with van der Waals surface area (Å²) in [7, 11) is 2.00. The number of aromatic nitrogens is 3. The van der Waals surface area contributed by atoms with Crippen LogP contribution in [0.4, 0.5) is 5.69 Å². The quantitative estimate of drug-likeness (QED) is 0.357. The molecule has 2 heterocycles. The second-order valence-corrected chi connectivity index (χ2v) is 8.28. The first-order valence-corrected chi connectivity index (χ1v) is 10.9. The molecular formula is C22H34IN7. The minimum Gasteiger partial charge on any atom is -0.369 e. The molecule has 2 aliphatic rings. The first-order valence-electron chi connectivity index (χ1n) is 10.9. The predicted octanol–water partition coefficient (Wildman–Crippen LogP) is 3.39. The maximum absolute atomic E-state index is 4.88. The van der Waals surface area contributed by atoms with E-state index in [1.807, 2.05) is 18.5 Å². The molecule has 164 valence electrons. The van der Waals surface area contributed by atoms with Gasteiger partial charge in [-0.1, -0.05) is 31.0 Å². The van der Waals surface area contributed by atoms with Crippen LogP contribution in [-0.2, 0) is 13.6 Å². The number of anilines is 1. The van der Waals surface area contributed by atoms with Crippen molar-refractivity contribution >= 4 is 35.6 Å². The Kier molecular flexibility index (Phi) is 8.35. The van der Waals surface area contributed by atoms with Crippen LogP contribution in [0.15, 0.2) is 35.3 Å². The molecule has 30 heavy (non-hydrogen) atoms. The van der Waals surface area contributed by atoms with Crippen molar-refractivity contribution in [3.05, 3.63) is 42.0 Å². The van der Waals surface area contributed by atoms with Gasteiger partial charge >= 0.3 is 0 Å². The Balaban J connectivity index is 0.00000256. The third-order valence-corrected chi connectivity index (χ3v) is 6.14. The molecule has 2 fully saturated rings. The molecule has 0 spiro atoms. The van der Waals surface area contributed by atoms with E-state index >= 15 is 0 Å². The Morgan fingerprint density at radius 2 is 1.73 bits per heavy atom. The maximum Gasteiger partial charge on any atom is 0.192 e. The fourth-order valence-electron chi connectivity index (χ4n) is 4.30. The second kappa shape index (κ2) is 11.0. The fourth-order valence-corrected chi connectivity index (χ4v) is 4.30. The van der Waals surface area contributed by atoms with Gasteiger partial charge in [-0.15, -0.1) is 34.2 Å². The number of para-hydroxylation sites is 1. The maximum atomic E-state index is 4.88. The molecule has 4 rings (SSSR count). The van der Waals surface area contributed by atoms with Crippen molar-refractivity contribution in [2.24, 2.45) is 12.0 Å². The molecule has 1 saturated carbocycles. The largest absolute Gasteiger partial charge is 0.369 e. The van der Waals surface area contributed by atoms with Gasteiger partial charge in [-0.2, -0.15) is 0 Å². The molecule has 1 aromatic heterocycles. The van der Waals surface area contributed by atoms with E-state index in [4.69, 9.17) is 4.99 Å². The molecule has 1 aliphatic carbocycles. The Hall–Kier alpha value is -1.84. The van der Waals surface area contributed by atoms with Crippen LogP contribution >= 0.6 is 24.0 Å². The molecule has 8 heteroatoms. The van der Waals surface area contributed by atoms with Gasteiger partial charge in [0.1, 0.15) is 12.4 Å². The Bertz CT molecular complexity index is 814. The third kappa shape index (κ3) is 5.86. The number of nitrogens with zero attached hydrogens (tertiary/aromatic N) is 5. The van der Waals surface area contributed by atoms with Crippen molar-refractivity contribution < 1.29 is 0 Å². The summed E-state index contributed by atoms with van der Waals surface area (Å²) < 4.78 is 2.01. The second-order valence-electron chi connectivity index (χ2n) is 8.28. The molecule has 7 nitrogen and oxygen atoms in total. The van der Waals surface area contributed by atoms with Gasteiger partial charge < -0.3 is 20.1 Å². The number of benzene rings is 1. The van der Waals surface area contributed by atoms with E-state index in [0.29, 0.717) is 18.6 Å².